The third kappa shape index (κ3) is 6.26. The summed E-state index contributed by atoms with van der Waals surface area (Å²) in [6.07, 6.45) is -0.250. The van der Waals surface area contributed by atoms with Crippen LogP contribution in [-0.2, 0) is 11.2 Å². The van der Waals surface area contributed by atoms with E-state index in [2.05, 4.69) is 10.3 Å². The van der Waals surface area contributed by atoms with Gasteiger partial charge in [-0.25, -0.2) is 9.78 Å². The highest BCUT2D eigenvalue weighted by atomic mass is 127. The molecule has 0 unspecified atom stereocenters. The highest BCUT2D eigenvalue weighted by molar-refractivity contribution is 14.1. The molecule has 0 fully saturated rings. The number of halogens is 1. The van der Waals surface area contributed by atoms with Crippen molar-refractivity contribution in [2.75, 3.05) is 12.4 Å². The summed E-state index contributed by atoms with van der Waals surface area (Å²) in [6.45, 7) is 5.15. The zero-order valence-corrected chi connectivity index (χ0v) is 18.6. The number of rotatable bonds is 6. The summed E-state index contributed by atoms with van der Waals surface area (Å²) in [6, 6.07) is 5.95. The van der Waals surface area contributed by atoms with Crippen LogP contribution < -0.4 is 10.1 Å². The standard InChI is InChI=1S/C19H22IN3O6/c1-19(2,3)29-18(25)22-12-6-5-11(14(10-12)23(26)27)9-15(24)16-13(20)7-8-21-17(16)28-4/h5-8,10,15,24H,9H2,1-4H3,(H,22,25)/t15-/m1/s1. The summed E-state index contributed by atoms with van der Waals surface area (Å²) in [4.78, 5) is 26.9. The van der Waals surface area contributed by atoms with Crippen LogP contribution in [0, 0.1) is 13.7 Å². The quantitative estimate of drug-likeness (QED) is 0.335. The lowest BCUT2D eigenvalue weighted by molar-refractivity contribution is -0.385. The Morgan fingerprint density at radius 3 is 2.66 bits per heavy atom. The minimum atomic E-state index is -1.06. The number of carbonyl (C=O) groups excluding carboxylic acids is 1. The molecule has 1 aromatic heterocycles. The van der Waals surface area contributed by atoms with Crippen LogP contribution in [0.15, 0.2) is 30.5 Å². The van der Waals surface area contributed by atoms with Crippen LogP contribution in [-0.4, -0.2) is 33.8 Å². The molecule has 1 heterocycles. The van der Waals surface area contributed by atoms with E-state index in [1.807, 2.05) is 22.6 Å². The fraction of sp³-hybridized carbons (Fsp3) is 0.368. The minimum absolute atomic E-state index is 0.0267. The van der Waals surface area contributed by atoms with Crippen LogP contribution in [0.5, 0.6) is 5.88 Å². The SMILES string of the molecule is COc1nccc(I)c1[C@H](O)Cc1ccc(NC(=O)OC(C)(C)C)cc1[N+](=O)[O-]. The first-order chi connectivity index (χ1) is 13.5. The highest BCUT2D eigenvalue weighted by Crippen LogP contribution is 2.33. The number of pyridine rings is 1. The smallest absolute Gasteiger partial charge is 0.412 e. The predicted octanol–water partition coefficient (Wildman–Crippen LogP) is 4.23. The fourth-order valence-corrected chi connectivity index (χ4v) is 3.36. The minimum Gasteiger partial charge on any atom is -0.481 e. The molecule has 1 amide bonds. The first kappa shape index (κ1) is 22.8. The van der Waals surface area contributed by atoms with E-state index < -0.39 is 22.7 Å². The zero-order valence-electron chi connectivity index (χ0n) is 16.4. The summed E-state index contributed by atoms with van der Waals surface area (Å²) < 4.78 is 11.1. The fourth-order valence-electron chi connectivity index (χ4n) is 2.61. The number of nitrogens with zero attached hydrogens (tertiary/aromatic N) is 2. The first-order valence-corrected chi connectivity index (χ1v) is 9.73. The molecule has 0 spiro atoms. The van der Waals surface area contributed by atoms with E-state index >= 15 is 0 Å². The van der Waals surface area contributed by atoms with Crippen molar-refractivity contribution in [3.8, 4) is 5.88 Å². The number of anilines is 1. The number of hydrogen-bond donors (Lipinski definition) is 2. The molecule has 0 aliphatic carbocycles. The van der Waals surface area contributed by atoms with Gasteiger partial charge in [-0.05, 0) is 55.5 Å². The van der Waals surface area contributed by atoms with Crippen LogP contribution in [0.2, 0.25) is 0 Å². The summed E-state index contributed by atoms with van der Waals surface area (Å²) in [5.41, 5.74) is 0.0630. The number of nitrogens with one attached hydrogen (secondary N) is 1. The van der Waals surface area contributed by atoms with E-state index in [-0.39, 0.29) is 23.7 Å². The molecule has 0 saturated heterocycles. The molecule has 1 aromatic carbocycles. The van der Waals surface area contributed by atoms with Crippen molar-refractivity contribution in [3.05, 3.63) is 55.3 Å². The number of aromatic nitrogens is 1. The predicted molar refractivity (Wildman–Crippen MR) is 115 cm³/mol. The molecule has 0 radical (unpaired) electrons. The van der Waals surface area contributed by atoms with Crippen molar-refractivity contribution in [1.29, 1.82) is 0 Å². The van der Waals surface area contributed by atoms with Gasteiger partial charge in [-0.15, -0.1) is 0 Å². The zero-order chi connectivity index (χ0) is 21.8. The Labute approximate surface area is 181 Å². The Balaban J connectivity index is 2.28. The lowest BCUT2D eigenvalue weighted by Gasteiger charge is -2.20. The molecule has 0 aliphatic rings. The Hall–Kier alpha value is -2.47. The maximum absolute atomic E-state index is 11.9. The summed E-state index contributed by atoms with van der Waals surface area (Å²) in [7, 11) is 1.44. The topological polar surface area (TPSA) is 124 Å². The number of benzene rings is 1. The average molecular weight is 515 g/mol. The number of amides is 1. The Kier molecular flexibility index (Phi) is 7.36. The third-order valence-corrected chi connectivity index (χ3v) is 4.71. The molecule has 29 heavy (non-hydrogen) atoms. The van der Waals surface area contributed by atoms with Gasteiger partial charge in [0.05, 0.1) is 29.4 Å². The molecule has 9 nitrogen and oxygen atoms in total. The number of nitro benzene ring substituents is 1. The number of nitro groups is 1. The Morgan fingerprint density at radius 1 is 1.38 bits per heavy atom. The van der Waals surface area contributed by atoms with Gasteiger partial charge in [0, 0.05) is 27.8 Å². The Morgan fingerprint density at radius 2 is 2.07 bits per heavy atom. The molecule has 10 heteroatoms. The maximum atomic E-state index is 11.9. The molecule has 0 saturated carbocycles. The van der Waals surface area contributed by atoms with Crippen molar-refractivity contribution in [2.45, 2.75) is 38.9 Å². The van der Waals surface area contributed by atoms with Crippen LogP contribution in [0.4, 0.5) is 16.2 Å². The van der Waals surface area contributed by atoms with Gasteiger partial charge in [0.15, 0.2) is 0 Å². The highest BCUT2D eigenvalue weighted by Gasteiger charge is 2.24. The summed E-state index contributed by atoms with van der Waals surface area (Å²) >= 11 is 2.04. The van der Waals surface area contributed by atoms with E-state index in [9.17, 15) is 20.0 Å². The van der Waals surface area contributed by atoms with Gasteiger partial charge in [0.25, 0.3) is 5.69 Å². The largest absolute Gasteiger partial charge is 0.481 e. The number of methoxy groups -OCH3 is 1. The van der Waals surface area contributed by atoms with Crippen LogP contribution in [0.1, 0.15) is 38.0 Å². The van der Waals surface area contributed by atoms with Crippen molar-refractivity contribution in [1.82, 2.24) is 4.98 Å². The summed E-state index contributed by atoms with van der Waals surface area (Å²) in [5, 5.41) is 24.7. The van der Waals surface area contributed by atoms with E-state index in [1.165, 1.54) is 25.3 Å². The second-order valence-corrected chi connectivity index (χ2v) is 8.33. The molecular formula is C19H22IN3O6. The molecule has 0 aliphatic heterocycles. The number of carbonyl (C=O) groups is 1. The van der Waals surface area contributed by atoms with Gasteiger partial charge in [0.2, 0.25) is 5.88 Å². The lowest BCUT2D eigenvalue weighted by atomic mass is 10.0. The van der Waals surface area contributed by atoms with Gasteiger partial charge in [0.1, 0.15) is 5.60 Å². The molecular weight excluding hydrogens is 493 g/mol. The first-order valence-electron chi connectivity index (χ1n) is 8.65. The van der Waals surface area contributed by atoms with Crippen molar-refractivity contribution < 1.29 is 24.3 Å². The van der Waals surface area contributed by atoms with Crippen LogP contribution in [0.25, 0.3) is 0 Å². The van der Waals surface area contributed by atoms with Crippen molar-refractivity contribution >= 4 is 40.1 Å². The van der Waals surface area contributed by atoms with Crippen LogP contribution >= 0.6 is 22.6 Å². The molecule has 1 atom stereocenters. The summed E-state index contributed by atoms with van der Waals surface area (Å²) in [5.74, 6) is 0.260. The second kappa shape index (κ2) is 9.35. The number of ether oxygens (including phenoxy) is 2. The normalized spacial score (nSPS) is 12.2. The molecule has 2 rings (SSSR count). The van der Waals surface area contributed by atoms with E-state index in [0.717, 1.165) is 3.57 Å². The van der Waals surface area contributed by atoms with E-state index in [4.69, 9.17) is 9.47 Å². The molecule has 2 aromatic rings. The number of aliphatic hydroxyl groups excluding tert-OH is 1. The van der Waals surface area contributed by atoms with E-state index in [1.54, 1.807) is 33.0 Å². The second-order valence-electron chi connectivity index (χ2n) is 7.16. The average Bonchev–Trinajstić information content (AvgIpc) is 2.60. The molecule has 0 bridgehead atoms. The van der Waals surface area contributed by atoms with Gasteiger partial charge >= 0.3 is 6.09 Å². The molecule has 2 N–H and O–H groups in total. The Bertz CT molecular complexity index is 913. The van der Waals surface area contributed by atoms with E-state index in [0.29, 0.717) is 11.1 Å². The van der Waals surface area contributed by atoms with Crippen molar-refractivity contribution in [3.63, 3.8) is 0 Å². The molecule has 156 valence electrons. The number of hydrogen-bond acceptors (Lipinski definition) is 7. The monoisotopic (exact) mass is 515 g/mol. The number of aliphatic hydroxyl groups is 1. The lowest BCUT2D eigenvalue weighted by Crippen LogP contribution is -2.27. The van der Waals surface area contributed by atoms with Gasteiger partial charge in [-0.3, -0.25) is 15.4 Å². The van der Waals surface area contributed by atoms with Gasteiger partial charge in [-0.1, -0.05) is 6.07 Å². The van der Waals surface area contributed by atoms with Gasteiger partial charge in [-0.2, -0.15) is 0 Å². The third-order valence-electron chi connectivity index (χ3n) is 3.77. The van der Waals surface area contributed by atoms with Crippen molar-refractivity contribution in [2.24, 2.45) is 0 Å². The van der Waals surface area contributed by atoms with Gasteiger partial charge < -0.3 is 14.6 Å². The van der Waals surface area contributed by atoms with Crippen LogP contribution in [0.3, 0.4) is 0 Å². The maximum Gasteiger partial charge on any atom is 0.412 e.